The fourth-order valence-corrected chi connectivity index (χ4v) is 3.00. The van der Waals surface area contributed by atoms with Gasteiger partial charge in [-0.15, -0.1) is 0 Å². The van der Waals surface area contributed by atoms with Gasteiger partial charge in [-0.2, -0.15) is 0 Å². The predicted octanol–water partition coefficient (Wildman–Crippen LogP) is 3.91. The maximum absolute atomic E-state index is 13.7. The lowest BCUT2D eigenvalue weighted by Crippen LogP contribution is -2.38. The molecule has 0 aromatic heterocycles. The average Bonchev–Trinajstić information content (AvgIpc) is 2.67. The van der Waals surface area contributed by atoms with Crippen molar-refractivity contribution in [2.75, 3.05) is 7.11 Å². The second-order valence-corrected chi connectivity index (χ2v) is 5.59. The van der Waals surface area contributed by atoms with Gasteiger partial charge < -0.3 is 9.84 Å². The first-order valence-electron chi connectivity index (χ1n) is 7.08. The Morgan fingerprint density at radius 1 is 1.21 bits per heavy atom. The first-order chi connectivity index (χ1) is 9.09. The van der Waals surface area contributed by atoms with Crippen molar-refractivity contribution in [3.63, 3.8) is 0 Å². The Morgan fingerprint density at radius 2 is 1.84 bits per heavy atom. The summed E-state index contributed by atoms with van der Waals surface area (Å²) in [6, 6.07) is 4.95. The van der Waals surface area contributed by atoms with Crippen molar-refractivity contribution in [3.05, 3.63) is 35.1 Å². The summed E-state index contributed by atoms with van der Waals surface area (Å²) in [7, 11) is 1.65. The molecule has 0 aliphatic heterocycles. The summed E-state index contributed by atoms with van der Waals surface area (Å²) in [6.45, 7) is 1.73. The van der Waals surface area contributed by atoms with Crippen molar-refractivity contribution >= 4 is 0 Å². The number of aryl methyl sites for hydroxylation is 1. The molecule has 106 valence electrons. The van der Waals surface area contributed by atoms with E-state index >= 15 is 0 Å². The van der Waals surface area contributed by atoms with Crippen molar-refractivity contribution in [2.24, 2.45) is 0 Å². The van der Waals surface area contributed by atoms with Crippen molar-refractivity contribution in [1.29, 1.82) is 0 Å². The molecule has 1 aromatic rings. The van der Waals surface area contributed by atoms with E-state index in [1.807, 2.05) is 0 Å². The third kappa shape index (κ3) is 2.98. The van der Waals surface area contributed by atoms with Gasteiger partial charge >= 0.3 is 0 Å². The summed E-state index contributed by atoms with van der Waals surface area (Å²) >= 11 is 0. The zero-order chi connectivity index (χ0) is 13.9. The minimum atomic E-state index is -0.759. The molecule has 1 saturated carbocycles. The smallest absolute Gasteiger partial charge is 0.126 e. The molecule has 2 nitrogen and oxygen atoms in total. The van der Waals surface area contributed by atoms with E-state index < -0.39 is 11.7 Å². The maximum Gasteiger partial charge on any atom is 0.126 e. The largest absolute Gasteiger partial charge is 0.385 e. The molecular weight excluding hydrogens is 243 g/mol. The van der Waals surface area contributed by atoms with Crippen molar-refractivity contribution in [1.82, 2.24) is 0 Å². The number of hydrogen-bond acceptors (Lipinski definition) is 2. The van der Waals surface area contributed by atoms with Crippen molar-refractivity contribution < 1.29 is 14.2 Å². The van der Waals surface area contributed by atoms with E-state index in [9.17, 15) is 9.50 Å². The van der Waals surface area contributed by atoms with Crippen LogP contribution in [0.5, 0.6) is 0 Å². The number of rotatable bonds is 3. The van der Waals surface area contributed by atoms with Gasteiger partial charge in [0.05, 0.1) is 5.60 Å². The fourth-order valence-electron chi connectivity index (χ4n) is 3.00. The molecule has 1 atom stereocenters. The quantitative estimate of drug-likeness (QED) is 0.841. The number of ether oxygens (including phenoxy) is 1. The van der Waals surface area contributed by atoms with Crippen molar-refractivity contribution in [3.8, 4) is 0 Å². The van der Waals surface area contributed by atoms with E-state index in [4.69, 9.17) is 4.74 Å². The van der Waals surface area contributed by atoms with E-state index in [0.717, 1.165) is 25.7 Å². The van der Waals surface area contributed by atoms with E-state index in [2.05, 4.69) is 0 Å². The molecule has 1 N–H and O–H groups in total. The first-order valence-corrected chi connectivity index (χ1v) is 7.08. The number of benzene rings is 1. The highest BCUT2D eigenvalue weighted by Crippen LogP contribution is 2.40. The van der Waals surface area contributed by atoms with Crippen LogP contribution in [0.15, 0.2) is 18.2 Å². The second-order valence-electron chi connectivity index (χ2n) is 5.59. The highest BCUT2D eigenvalue weighted by atomic mass is 19.1. The SMILES string of the molecule is COC1(C(O)c2ccc(C)c(F)c2)CCCCCC1. The van der Waals surface area contributed by atoms with Gasteiger partial charge in [-0.3, -0.25) is 0 Å². The molecule has 0 radical (unpaired) electrons. The molecule has 1 unspecified atom stereocenters. The fraction of sp³-hybridized carbons (Fsp3) is 0.625. The van der Waals surface area contributed by atoms with Crippen LogP contribution in [0.25, 0.3) is 0 Å². The summed E-state index contributed by atoms with van der Waals surface area (Å²) in [4.78, 5) is 0. The molecule has 0 bridgehead atoms. The van der Waals surface area contributed by atoms with Gasteiger partial charge in [0.2, 0.25) is 0 Å². The van der Waals surface area contributed by atoms with Gasteiger partial charge in [-0.25, -0.2) is 4.39 Å². The third-order valence-corrected chi connectivity index (χ3v) is 4.37. The van der Waals surface area contributed by atoms with Gasteiger partial charge in [0.15, 0.2) is 0 Å². The number of hydrogen-bond donors (Lipinski definition) is 1. The van der Waals surface area contributed by atoms with Crippen LogP contribution in [0.2, 0.25) is 0 Å². The van der Waals surface area contributed by atoms with Crippen LogP contribution < -0.4 is 0 Å². The lowest BCUT2D eigenvalue weighted by Gasteiger charge is -2.36. The Bertz CT molecular complexity index is 423. The van der Waals surface area contributed by atoms with Crippen LogP contribution in [0.1, 0.15) is 55.8 Å². The summed E-state index contributed by atoms with van der Waals surface area (Å²) in [5.41, 5.74) is 0.660. The monoisotopic (exact) mass is 266 g/mol. The van der Waals surface area contributed by atoms with Gasteiger partial charge in [0.1, 0.15) is 11.9 Å². The average molecular weight is 266 g/mol. The maximum atomic E-state index is 13.7. The molecule has 1 fully saturated rings. The Hall–Kier alpha value is -0.930. The van der Waals surface area contributed by atoms with Crippen LogP contribution in [0.3, 0.4) is 0 Å². The van der Waals surface area contributed by atoms with E-state index in [-0.39, 0.29) is 5.82 Å². The zero-order valence-electron chi connectivity index (χ0n) is 11.8. The van der Waals surface area contributed by atoms with Crippen molar-refractivity contribution in [2.45, 2.75) is 57.2 Å². The Kier molecular flexibility index (Phi) is 4.58. The molecular formula is C16H23FO2. The summed E-state index contributed by atoms with van der Waals surface area (Å²) in [5, 5.41) is 10.6. The van der Waals surface area contributed by atoms with Crippen LogP contribution in [-0.4, -0.2) is 17.8 Å². The summed E-state index contributed by atoms with van der Waals surface area (Å²) < 4.78 is 19.3. The van der Waals surface area contributed by atoms with Gasteiger partial charge in [0, 0.05) is 7.11 Å². The minimum Gasteiger partial charge on any atom is -0.385 e. The normalized spacial score (nSPS) is 20.8. The van der Waals surface area contributed by atoms with Crippen LogP contribution >= 0.6 is 0 Å². The lowest BCUT2D eigenvalue weighted by molar-refractivity contribution is -0.114. The van der Waals surface area contributed by atoms with E-state index in [0.29, 0.717) is 11.1 Å². The lowest BCUT2D eigenvalue weighted by atomic mass is 9.84. The Morgan fingerprint density at radius 3 is 2.37 bits per heavy atom. The Balaban J connectivity index is 2.28. The van der Waals surface area contributed by atoms with E-state index in [1.54, 1.807) is 26.2 Å². The molecule has 2 rings (SSSR count). The number of aliphatic hydroxyl groups is 1. The van der Waals surface area contributed by atoms with Crippen LogP contribution in [-0.2, 0) is 4.74 Å². The van der Waals surface area contributed by atoms with E-state index in [1.165, 1.54) is 18.9 Å². The van der Waals surface area contributed by atoms with Gasteiger partial charge in [-0.05, 0) is 37.0 Å². The summed E-state index contributed by atoms with van der Waals surface area (Å²) in [5.74, 6) is -0.267. The molecule has 0 amide bonds. The first kappa shape index (κ1) is 14.5. The molecule has 3 heteroatoms. The van der Waals surface area contributed by atoms with Crippen LogP contribution in [0.4, 0.5) is 4.39 Å². The highest BCUT2D eigenvalue weighted by Gasteiger charge is 2.39. The molecule has 1 aromatic carbocycles. The minimum absolute atomic E-state index is 0.267. The molecule has 0 spiro atoms. The number of methoxy groups -OCH3 is 1. The standard InChI is InChI=1S/C16H23FO2/c1-12-7-8-13(11-14(12)17)15(18)16(19-2)9-5-3-4-6-10-16/h7-8,11,15,18H,3-6,9-10H2,1-2H3. The highest BCUT2D eigenvalue weighted by molar-refractivity contribution is 5.26. The van der Waals surface area contributed by atoms with Gasteiger partial charge in [-0.1, -0.05) is 37.8 Å². The summed E-state index contributed by atoms with van der Waals surface area (Å²) in [6.07, 6.45) is 5.38. The Labute approximate surface area is 114 Å². The number of halogens is 1. The molecule has 0 heterocycles. The zero-order valence-corrected chi connectivity index (χ0v) is 11.8. The molecule has 19 heavy (non-hydrogen) atoms. The number of aliphatic hydroxyl groups excluding tert-OH is 1. The molecule has 1 aliphatic carbocycles. The van der Waals surface area contributed by atoms with Crippen LogP contribution in [0, 0.1) is 12.7 Å². The second kappa shape index (κ2) is 6.02. The molecule has 0 saturated heterocycles. The predicted molar refractivity (Wildman–Crippen MR) is 73.5 cm³/mol. The van der Waals surface area contributed by atoms with Gasteiger partial charge in [0.25, 0.3) is 0 Å². The topological polar surface area (TPSA) is 29.5 Å². The third-order valence-electron chi connectivity index (χ3n) is 4.37. The molecule has 1 aliphatic rings.